The summed E-state index contributed by atoms with van der Waals surface area (Å²) in [6.07, 6.45) is 0. The van der Waals surface area contributed by atoms with Gasteiger partial charge in [-0.1, -0.05) is 29.8 Å². The average molecular weight is 305 g/mol. The lowest BCUT2D eigenvalue weighted by Gasteiger charge is -2.11. The summed E-state index contributed by atoms with van der Waals surface area (Å²) < 4.78 is 5.66. The summed E-state index contributed by atoms with van der Waals surface area (Å²) in [5.41, 5.74) is 7.74. The van der Waals surface area contributed by atoms with E-state index in [0.29, 0.717) is 35.2 Å². The van der Waals surface area contributed by atoms with Crippen LogP contribution < -0.4 is 15.8 Å². The van der Waals surface area contributed by atoms with Gasteiger partial charge in [-0.15, -0.1) is 0 Å². The zero-order chi connectivity index (χ0) is 15.2. The summed E-state index contributed by atoms with van der Waals surface area (Å²) in [7, 11) is 0. The summed E-state index contributed by atoms with van der Waals surface area (Å²) in [4.78, 5) is 11.7. The number of halogens is 1. The fourth-order valence-corrected chi connectivity index (χ4v) is 2.05. The van der Waals surface area contributed by atoms with Crippen LogP contribution in [0.3, 0.4) is 0 Å². The highest BCUT2D eigenvalue weighted by atomic mass is 35.5. The third kappa shape index (κ3) is 3.89. The predicted molar refractivity (Wildman–Crippen MR) is 84.6 cm³/mol. The van der Waals surface area contributed by atoms with Crippen molar-refractivity contribution in [1.29, 1.82) is 0 Å². The molecule has 0 radical (unpaired) electrons. The van der Waals surface area contributed by atoms with E-state index in [2.05, 4.69) is 5.32 Å². The summed E-state index contributed by atoms with van der Waals surface area (Å²) >= 11 is 6.07. The van der Waals surface area contributed by atoms with Gasteiger partial charge in [-0.25, -0.2) is 0 Å². The number of anilines is 1. The van der Waals surface area contributed by atoms with Crippen LogP contribution in [-0.4, -0.2) is 12.5 Å². The quantitative estimate of drug-likeness (QED) is 0.833. The van der Waals surface area contributed by atoms with Crippen molar-refractivity contribution in [1.82, 2.24) is 5.32 Å². The molecule has 2 rings (SSSR count). The second kappa shape index (κ2) is 6.99. The molecule has 4 nitrogen and oxygen atoms in total. The molecule has 0 aromatic heterocycles. The maximum atomic E-state index is 11.7. The first-order chi connectivity index (χ1) is 10.1. The average Bonchev–Trinajstić information content (AvgIpc) is 2.47. The van der Waals surface area contributed by atoms with E-state index in [4.69, 9.17) is 22.1 Å². The van der Waals surface area contributed by atoms with Crippen LogP contribution >= 0.6 is 11.6 Å². The van der Waals surface area contributed by atoms with E-state index in [9.17, 15) is 4.79 Å². The Bertz CT molecular complexity index is 644. The standard InChI is InChI=1S/C16H17ClN2O2/c1-2-19-16(20)11-7-8-15(14(18)9-11)21-10-12-5-3-4-6-13(12)17/h3-9H,2,10,18H2,1H3,(H,19,20). The van der Waals surface area contributed by atoms with E-state index >= 15 is 0 Å². The molecule has 0 bridgehead atoms. The highest BCUT2D eigenvalue weighted by molar-refractivity contribution is 6.31. The molecule has 0 spiro atoms. The normalized spacial score (nSPS) is 10.2. The van der Waals surface area contributed by atoms with Crippen LogP contribution in [-0.2, 0) is 6.61 Å². The van der Waals surface area contributed by atoms with Crippen LogP contribution in [0.5, 0.6) is 5.75 Å². The second-order valence-corrected chi connectivity index (χ2v) is 4.90. The topological polar surface area (TPSA) is 64.3 Å². The molecular weight excluding hydrogens is 288 g/mol. The Morgan fingerprint density at radius 2 is 2.05 bits per heavy atom. The molecule has 0 fully saturated rings. The van der Waals surface area contributed by atoms with Gasteiger partial charge in [0.15, 0.2) is 0 Å². The Morgan fingerprint density at radius 3 is 2.71 bits per heavy atom. The molecule has 0 saturated carbocycles. The third-order valence-electron chi connectivity index (χ3n) is 2.95. The Balaban J connectivity index is 2.08. The number of nitrogens with two attached hydrogens (primary N) is 1. The number of carbonyl (C=O) groups is 1. The number of rotatable bonds is 5. The number of benzene rings is 2. The van der Waals surface area contributed by atoms with Crippen LogP contribution in [0.15, 0.2) is 42.5 Å². The highest BCUT2D eigenvalue weighted by Crippen LogP contribution is 2.25. The first-order valence-electron chi connectivity index (χ1n) is 6.65. The van der Waals surface area contributed by atoms with Crippen molar-refractivity contribution in [3.8, 4) is 5.75 Å². The molecule has 110 valence electrons. The second-order valence-electron chi connectivity index (χ2n) is 4.49. The van der Waals surface area contributed by atoms with Crippen LogP contribution in [0.4, 0.5) is 5.69 Å². The molecule has 2 aromatic rings. The Morgan fingerprint density at radius 1 is 1.29 bits per heavy atom. The first-order valence-corrected chi connectivity index (χ1v) is 7.03. The number of carbonyl (C=O) groups excluding carboxylic acids is 1. The molecular formula is C16H17ClN2O2. The summed E-state index contributed by atoms with van der Waals surface area (Å²) in [5.74, 6) is 0.379. The fourth-order valence-electron chi connectivity index (χ4n) is 1.85. The minimum atomic E-state index is -0.151. The van der Waals surface area contributed by atoms with Crippen LogP contribution in [0.1, 0.15) is 22.8 Å². The summed E-state index contributed by atoms with van der Waals surface area (Å²) in [6.45, 7) is 2.76. The van der Waals surface area contributed by atoms with Gasteiger partial charge in [0.25, 0.3) is 5.91 Å². The maximum absolute atomic E-state index is 11.7. The van der Waals surface area contributed by atoms with Crippen LogP contribution in [0, 0.1) is 0 Å². The monoisotopic (exact) mass is 304 g/mol. The number of nitrogen functional groups attached to an aromatic ring is 1. The van der Waals surface area contributed by atoms with Crippen molar-refractivity contribution in [2.24, 2.45) is 0 Å². The van der Waals surface area contributed by atoms with Gasteiger partial charge in [0.2, 0.25) is 0 Å². The lowest BCUT2D eigenvalue weighted by atomic mass is 10.1. The smallest absolute Gasteiger partial charge is 0.251 e. The molecule has 1 amide bonds. The molecule has 21 heavy (non-hydrogen) atoms. The molecule has 0 saturated heterocycles. The molecule has 2 aromatic carbocycles. The molecule has 0 aliphatic heterocycles. The van der Waals surface area contributed by atoms with Crippen molar-refractivity contribution in [3.63, 3.8) is 0 Å². The SMILES string of the molecule is CCNC(=O)c1ccc(OCc2ccccc2Cl)c(N)c1. The third-order valence-corrected chi connectivity index (χ3v) is 3.32. The van der Waals surface area contributed by atoms with Gasteiger partial charge in [-0.2, -0.15) is 0 Å². The molecule has 3 N–H and O–H groups in total. The molecule has 0 heterocycles. The van der Waals surface area contributed by atoms with Crippen LogP contribution in [0.25, 0.3) is 0 Å². The zero-order valence-corrected chi connectivity index (χ0v) is 12.5. The number of hydrogen-bond donors (Lipinski definition) is 2. The first kappa shape index (κ1) is 15.2. The van der Waals surface area contributed by atoms with E-state index in [1.165, 1.54) is 0 Å². The van der Waals surface area contributed by atoms with Gasteiger partial charge in [-0.05, 0) is 31.2 Å². The molecule has 5 heteroatoms. The van der Waals surface area contributed by atoms with Gasteiger partial charge >= 0.3 is 0 Å². The van der Waals surface area contributed by atoms with Gasteiger partial charge in [0, 0.05) is 22.7 Å². The minimum absolute atomic E-state index is 0.151. The molecule has 0 aliphatic rings. The minimum Gasteiger partial charge on any atom is -0.487 e. The van der Waals surface area contributed by atoms with Crippen molar-refractivity contribution in [2.75, 3.05) is 12.3 Å². The fraction of sp³-hybridized carbons (Fsp3) is 0.188. The van der Waals surface area contributed by atoms with Gasteiger partial charge in [-0.3, -0.25) is 4.79 Å². The molecule has 0 unspecified atom stereocenters. The summed E-state index contributed by atoms with van der Waals surface area (Å²) in [6, 6.07) is 12.4. The Kier molecular flexibility index (Phi) is 5.06. The van der Waals surface area contributed by atoms with Crippen molar-refractivity contribution in [2.45, 2.75) is 13.5 Å². The largest absolute Gasteiger partial charge is 0.487 e. The van der Waals surface area contributed by atoms with E-state index in [0.717, 1.165) is 5.56 Å². The lowest BCUT2D eigenvalue weighted by molar-refractivity contribution is 0.0956. The highest BCUT2D eigenvalue weighted by Gasteiger charge is 2.08. The van der Waals surface area contributed by atoms with E-state index in [1.54, 1.807) is 18.2 Å². The van der Waals surface area contributed by atoms with Crippen LogP contribution in [0.2, 0.25) is 5.02 Å². The van der Waals surface area contributed by atoms with Crippen molar-refractivity contribution >= 4 is 23.2 Å². The number of hydrogen-bond acceptors (Lipinski definition) is 3. The van der Waals surface area contributed by atoms with E-state index in [-0.39, 0.29) is 5.91 Å². The summed E-state index contributed by atoms with van der Waals surface area (Å²) in [5, 5.41) is 3.37. The molecule has 0 aliphatic carbocycles. The zero-order valence-electron chi connectivity index (χ0n) is 11.7. The van der Waals surface area contributed by atoms with Gasteiger partial charge < -0.3 is 15.8 Å². The number of nitrogens with one attached hydrogen (secondary N) is 1. The predicted octanol–water partition coefficient (Wildman–Crippen LogP) is 3.25. The number of ether oxygens (including phenoxy) is 1. The molecule has 0 atom stereocenters. The number of amides is 1. The van der Waals surface area contributed by atoms with Crippen molar-refractivity contribution < 1.29 is 9.53 Å². The Labute approximate surface area is 128 Å². The van der Waals surface area contributed by atoms with Crippen molar-refractivity contribution in [3.05, 3.63) is 58.6 Å². The maximum Gasteiger partial charge on any atom is 0.251 e. The van der Waals surface area contributed by atoms with E-state index in [1.807, 2.05) is 31.2 Å². The van der Waals surface area contributed by atoms with E-state index < -0.39 is 0 Å². The Hall–Kier alpha value is -2.20. The lowest BCUT2D eigenvalue weighted by Crippen LogP contribution is -2.22. The van der Waals surface area contributed by atoms with Gasteiger partial charge in [0.1, 0.15) is 12.4 Å². The van der Waals surface area contributed by atoms with Gasteiger partial charge in [0.05, 0.1) is 5.69 Å².